The smallest absolute Gasteiger partial charge is 0.251 e. The zero-order valence-corrected chi connectivity index (χ0v) is 14.4. The lowest BCUT2D eigenvalue weighted by Crippen LogP contribution is -2.35. The van der Waals surface area contributed by atoms with Crippen LogP contribution in [0.1, 0.15) is 40.7 Å². The van der Waals surface area contributed by atoms with E-state index in [1.165, 1.54) is 0 Å². The molecule has 0 radical (unpaired) electrons. The van der Waals surface area contributed by atoms with Crippen LogP contribution in [-0.4, -0.2) is 18.4 Å². The van der Waals surface area contributed by atoms with Gasteiger partial charge in [0, 0.05) is 36.4 Å². The van der Waals surface area contributed by atoms with Crippen LogP contribution in [0.25, 0.3) is 0 Å². The van der Waals surface area contributed by atoms with Crippen LogP contribution in [0, 0.1) is 6.92 Å². The van der Waals surface area contributed by atoms with Gasteiger partial charge in [-0.1, -0.05) is 18.2 Å². The van der Waals surface area contributed by atoms with E-state index >= 15 is 0 Å². The summed E-state index contributed by atoms with van der Waals surface area (Å²) in [5.74, 6) is 0.0459. The molecule has 0 bridgehead atoms. The number of nitrogens with zero attached hydrogens (tertiary/aromatic N) is 1. The molecule has 0 saturated carbocycles. The fraction of sp³-hybridized carbons (Fsp3) is 0.300. The van der Waals surface area contributed by atoms with Crippen LogP contribution in [-0.2, 0) is 11.3 Å². The van der Waals surface area contributed by atoms with E-state index in [-0.39, 0.29) is 11.8 Å². The van der Waals surface area contributed by atoms with E-state index in [2.05, 4.69) is 5.32 Å². The lowest BCUT2D eigenvalue weighted by Gasteiger charge is -2.26. The Morgan fingerprint density at radius 2 is 1.92 bits per heavy atom. The number of nitrogens with two attached hydrogens (primary N) is 1. The Morgan fingerprint density at radius 1 is 1.16 bits per heavy atom. The second kappa shape index (κ2) is 7.38. The predicted molar refractivity (Wildman–Crippen MR) is 99.4 cm³/mol. The molecule has 2 amide bonds. The first-order chi connectivity index (χ1) is 12.0. The largest absolute Gasteiger partial charge is 0.399 e. The molecule has 1 saturated heterocycles. The van der Waals surface area contributed by atoms with Crippen LogP contribution in [0.2, 0.25) is 0 Å². The molecule has 1 heterocycles. The van der Waals surface area contributed by atoms with Crippen molar-refractivity contribution in [1.82, 2.24) is 5.32 Å². The topological polar surface area (TPSA) is 75.4 Å². The lowest BCUT2D eigenvalue weighted by molar-refractivity contribution is -0.119. The summed E-state index contributed by atoms with van der Waals surface area (Å²) in [7, 11) is 0. The van der Waals surface area contributed by atoms with E-state index in [0.29, 0.717) is 24.2 Å². The third kappa shape index (κ3) is 3.99. The summed E-state index contributed by atoms with van der Waals surface area (Å²) >= 11 is 0. The molecule has 2 aromatic carbocycles. The van der Waals surface area contributed by atoms with E-state index in [9.17, 15) is 9.59 Å². The average molecular weight is 337 g/mol. The standard InChI is InChI=1S/C20H23N3O2/c1-14-5-8-16(21)12-18(14)20(25)22-13-15-6-9-17(10-7-15)23-11-3-2-4-19(23)24/h5-10,12H,2-4,11,13,21H2,1H3,(H,22,25). The minimum absolute atomic E-state index is 0.139. The number of amides is 2. The Kier molecular flexibility index (Phi) is 5.03. The quantitative estimate of drug-likeness (QED) is 0.842. The molecule has 5 nitrogen and oxygen atoms in total. The van der Waals surface area contributed by atoms with Gasteiger partial charge in [0.2, 0.25) is 5.91 Å². The van der Waals surface area contributed by atoms with Crippen molar-refractivity contribution < 1.29 is 9.59 Å². The molecular weight excluding hydrogens is 314 g/mol. The zero-order chi connectivity index (χ0) is 17.8. The summed E-state index contributed by atoms with van der Waals surface area (Å²) in [4.78, 5) is 26.1. The Bertz CT molecular complexity index is 784. The van der Waals surface area contributed by atoms with E-state index in [1.807, 2.05) is 42.2 Å². The number of rotatable bonds is 4. The first-order valence-electron chi connectivity index (χ1n) is 8.58. The molecule has 25 heavy (non-hydrogen) atoms. The second-order valence-electron chi connectivity index (χ2n) is 6.43. The Balaban J connectivity index is 1.63. The summed E-state index contributed by atoms with van der Waals surface area (Å²) in [5, 5.41) is 2.92. The normalized spacial score (nSPS) is 14.4. The lowest BCUT2D eigenvalue weighted by atomic mass is 10.1. The minimum Gasteiger partial charge on any atom is -0.399 e. The molecule has 0 spiro atoms. The number of carbonyl (C=O) groups excluding carboxylic acids is 2. The van der Waals surface area contributed by atoms with Crippen LogP contribution in [0.5, 0.6) is 0 Å². The highest BCUT2D eigenvalue weighted by Crippen LogP contribution is 2.21. The maximum absolute atomic E-state index is 12.3. The number of anilines is 2. The van der Waals surface area contributed by atoms with E-state index in [1.54, 1.807) is 12.1 Å². The van der Waals surface area contributed by atoms with Crippen molar-refractivity contribution >= 4 is 23.2 Å². The van der Waals surface area contributed by atoms with Crippen molar-refractivity contribution in [3.05, 3.63) is 59.2 Å². The SMILES string of the molecule is Cc1ccc(N)cc1C(=O)NCc1ccc(N2CCCCC2=O)cc1. The first kappa shape index (κ1) is 17.0. The van der Waals surface area contributed by atoms with Crippen LogP contribution >= 0.6 is 0 Å². The molecule has 1 aliphatic heterocycles. The van der Waals surface area contributed by atoms with Gasteiger partial charge in [-0.2, -0.15) is 0 Å². The number of nitrogens with one attached hydrogen (secondary N) is 1. The Labute approximate surface area is 147 Å². The number of piperidine rings is 1. The molecule has 1 fully saturated rings. The fourth-order valence-corrected chi connectivity index (χ4v) is 3.03. The number of hydrogen-bond acceptors (Lipinski definition) is 3. The first-order valence-corrected chi connectivity index (χ1v) is 8.58. The van der Waals surface area contributed by atoms with Gasteiger partial charge in [0.15, 0.2) is 0 Å². The van der Waals surface area contributed by atoms with Gasteiger partial charge < -0.3 is 16.0 Å². The van der Waals surface area contributed by atoms with Crippen molar-refractivity contribution in [1.29, 1.82) is 0 Å². The van der Waals surface area contributed by atoms with Gasteiger partial charge >= 0.3 is 0 Å². The van der Waals surface area contributed by atoms with Gasteiger partial charge in [-0.25, -0.2) is 0 Å². The predicted octanol–water partition coefficient (Wildman–Crippen LogP) is 3.02. The molecule has 130 valence electrons. The zero-order valence-electron chi connectivity index (χ0n) is 14.4. The summed E-state index contributed by atoms with van der Waals surface area (Å²) < 4.78 is 0. The molecule has 0 atom stereocenters. The van der Waals surface area contributed by atoms with E-state index in [0.717, 1.165) is 36.2 Å². The van der Waals surface area contributed by atoms with Gasteiger partial charge in [0.1, 0.15) is 0 Å². The number of aryl methyl sites for hydroxylation is 1. The average Bonchev–Trinajstić information content (AvgIpc) is 2.63. The molecule has 5 heteroatoms. The van der Waals surface area contributed by atoms with Crippen LogP contribution in [0.15, 0.2) is 42.5 Å². The van der Waals surface area contributed by atoms with Crippen molar-refractivity contribution in [2.75, 3.05) is 17.2 Å². The van der Waals surface area contributed by atoms with Gasteiger partial charge in [0.05, 0.1) is 0 Å². The number of benzene rings is 2. The molecule has 0 unspecified atom stereocenters. The summed E-state index contributed by atoms with van der Waals surface area (Å²) in [5.41, 5.74) is 9.73. The molecule has 0 aliphatic carbocycles. The summed E-state index contributed by atoms with van der Waals surface area (Å²) in [6.45, 7) is 3.10. The number of nitrogen functional groups attached to an aromatic ring is 1. The maximum atomic E-state index is 12.3. The van der Waals surface area contributed by atoms with Crippen molar-refractivity contribution in [2.45, 2.75) is 32.7 Å². The summed E-state index contributed by atoms with van der Waals surface area (Å²) in [6, 6.07) is 13.1. The highest BCUT2D eigenvalue weighted by Gasteiger charge is 2.19. The molecule has 3 rings (SSSR count). The Morgan fingerprint density at radius 3 is 2.64 bits per heavy atom. The maximum Gasteiger partial charge on any atom is 0.251 e. The molecule has 0 aromatic heterocycles. The highest BCUT2D eigenvalue weighted by molar-refractivity contribution is 5.96. The van der Waals surface area contributed by atoms with Crippen LogP contribution in [0.4, 0.5) is 11.4 Å². The van der Waals surface area contributed by atoms with E-state index in [4.69, 9.17) is 5.73 Å². The third-order valence-electron chi connectivity index (χ3n) is 4.53. The number of carbonyl (C=O) groups is 2. The molecule has 1 aliphatic rings. The van der Waals surface area contributed by atoms with Crippen LogP contribution < -0.4 is 16.0 Å². The second-order valence-corrected chi connectivity index (χ2v) is 6.43. The van der Waals surface area contributed by atoms with Crippen molar-refractivity contribution in [2.24, 2.45) is 0 Å². The molecule has 2 aromatic rings. The monoisotopic (exact) mass is 337 g/mol. The van der Waals surface area contributed by atoms with Gasteiger partial charge in [0.25, 0.3) is 5.91 Å². The van der Waals surface area contributed by atoms with Gasteiger partial charge in [-0.05, 0) is 55.2 Å². The molecular formula is C20H23N3O2. The van der Waals surface area contributed by atoms with Gasteiger partial charge in [-0.3, -0.25) is 9.59 Å². The van der Waals surface area contributed by atoms with Crippen LogP contribution in [0.3, 0.4) is 0 Å². The third-order valence-corrected chi connectivity index (χ3v) is 4.53. The van der Waals surface area contributed by atoms with E-state index < -0.39 is 0 Å². The van der Waals surface area contributed by atoms with Crippen molar-refractivity contribution in [3.63, 3.8) is 0 Å². The fourth-order valence-electron chi connectivity index (χ4n) is 3.03. The molecule has 3 N–H and O–H groups in total. The summed E-state index contributed by atoms with van der Waals surface area (Å²) in [6.07, 6.45) is 2.64. The Hall–Kier alpha value is -2.82. The van der Waals surface area contributed by atoms with Gasteiger partial charge in [-0.15, -0.1) is 0 Å². The highest BCUT2D eigenvalue weighted by atomic mass is 16.2. The van der Waals surface area contributed by atoms with Crippen molar-refractivity contribution in [3.8, 4) is 0 Å². The number of hydrogen-bond donors (Lipinski definition) is 2. The minimum atomic E-state index is -0.139.